The fourth-order valence-electron chi connectivity index (χ4n) is 0.649. The van der Waals surface area contributed by atoms with Crippen molar-refractivity contribution >= 4 is 9.08 Å². The molecule has 0 aromatic carbocycles. The summed E-state index contributed by atoms with van der Waals surface area (Å²) in [6, 6.07) is -0.424. The average Bonchev–Trinajstić information content (AvgIpc) is 2.12. The molecule has 0 nitrogen and oxygen atoms in total. The fourth-order valence-corrected chi connectivity index (χ4v) is 1.71. The van der Waals surface area contributed by atoms with Crippen molar-refractivity contribution in [1.29, 1.82) is 0 Å². The molecular weight excluding hydrogens is 133 g/mol. The highest BCUT2D eigenvalue weighted by Crippen LogP contribution is 2.38. The summed E-state index contributed by atoms with van der Waals surface area (Å²) in [5.74, 6) is 0.0293. The molecule has 1 fully saturated rings. The van der Waals surface area contributed by atoms with Crippen molar-refractivity contribution in [2.45, 2.75) is 18.9 Å². The minimum atomic E-state index is -5.16. The Bertz CT molecular complexity index is 83.8. The third-order valence-electron chi connectivity index (χ3n) is 1.22. The molecular formula is C4H7F3Si. The van der Waals surface area contributed by atoms with Gasteiger partial charge in [0.05, 0.1) is 0 Å². The normalized spacial score (nSPS) is 21.4. The Morgan fingerprint density at radius 3 is 1.88 bits per heavy atom. The van der Waals surface area contributed by atoms with Crippen molar-refractivity contribution in [3.05, 3.63) is 0 Å². The average molecular weight is 140 g/mol. The first-order valence-corrected chi connectivity index (χ1v) is 4.49. The van der Waals surface area contributed by atoms with Crippen molar-refractivity contribution in [2.24, 2.45) is 5.92 Å². The summed E-state index contributed by atoms with van der Waals surface area (Å²) in [5, 5.41) is 0. The lowest BCUT2D eigenvalue weighted by Gasteiger charge is -1.96. The van der Waals surface area contributed by atoms with E-state index in [1.165, 1.54) is 0 Å². The van der Waals surface area contributed by atoms with Crippen LogP contribution in [0.5, 0.6) is 0 Å². The van der Waals surface area contributed by atoms with Crippen LogP contribution in [0.25, 0.3) is 0 Å². The highest BCUT2D eigenvalue weighted by Gasteiger charge is 2.42. The van der Waals surface area contributed by atoms with Crippen LogP contribution < -0.4 is 0 Å². The first kappa shape index (κ1) is 6.13. The van der Waals surface area contributed by atoms with Crippen molar-refractivity contribution in [3.8, 4) is 0 Å². The second kappa shape index (κ2) is 1.75. The van der Waals surface area contributed by atoms with E-state index in [4.69, 9.17) is 0 Å². The van der Waals surface area contributed by atoms with Gasteiger partial charge in [-0.2, -0.15) is 0 Å². The molecule has 0 amide bonds. The van der Waals surface area contributed by atoms with Crippen molar-refractivity contribution in [2.75, 3.05) is 0 Å². The lowest BCUT2D eigenvalue weighted by Crippen LogP contribution is -2.14. The van der Waals surface area contributed by atoms with E-state index < -0.39 is 15.1 Å². The third-order valence-corrected chi connectivity index (χ3v) is 2.26. The third kappa shape index (κ3) is 2.35. The van der Waals surface area contributed by atoms with E-state index in [2.05, 4.69) is 0 Å². The molecule has 0 bridgehead atoms. The van der Waals surface area contributed by atoms with Crippen molar-refractivity contribution < 1.29 is 12.3 Å². The van der Waals surface area contributed by atoms with Gasteiger partial charge in [0.25, 0.3) is 0 Å². The van der Waals surface area contributed by atoms with Crippen LogP contribution in [-0.4, -0.2) is 9.08 Å². The maximum Gasteiger partial charge on any atom is 0.616 e. The molecule has 0 aliphatic heterocycles. The quantitative estimate of drug-likeness (QED) is 0.407. The molecule has 1 aliphatic carbocycles. The van der Waals surface area contributed by atoms with Gasteiger partial charge < -0.3 is 0 Å². The molecule has 1 aliphatic rings. The number of halogens is 3. The highest BCUT2D eigenvalue weighted by molar-refractivity contribution is 6.58. The van der Waals surface area contributed by atoms with E-state index >= 15 is 0 Å². The summed E-state index contributed by atoms with van der Waals surface area (Å²) in [6.45, 7) is 0. The smallest absolute Gasteiger partial charge is 0.238 e. The summed E-state index contributed by atoms with van der Waals surface area (Å²) in [5.41, 5.74) is 0. The zero-order valence-corrected chi connectivity index (χ0v) is 5.33. The van der Waals surface area contributed by atoms with E-state index in [0.717, 1.165) is 12.8 Å². The molecule has 0 aromatic heterocycles. The minimum absolute atomic E-state index is 0.0293. The van der Waals surface area contributed by atoms with E-state index in [-0.39, 0.29) is 5.92 Å². The Balaban J connectivity index is 2.16. The minimum Gasteiger partial charge on any atom is -0.238 e. The second-order valence-corrected chi connectivity index (χ2v) is 3.90. The number of rotatable bonds is 2. The van der Waals surface area contributed by atoms with Gasteiger partial charge in [0, 0.05) is 6.04 Å². The first-order chi connectivity index (χ1) is 3.58. The largest absolute Gasteiger partial charge is 0.616 e. The molecule has 4 heteroatoms. The molecule has 0 N–H and O–H groups in total. The van der Waals surface area contributed by atoms with Crippen LogP contribution in [-0.2, 0) is 0 Å². The molecule has 0 spiro atoms. The van der Waals surface area contributed by atoms with Gasteiger partial charge in [-0.1, -0.05) is 12.8 Å². The van der Waals surface area contributed by atoms with Gasteiger partial charge >= 0.3 is 9.08 Å². The molecule has 0 heterocycles. The lowest BCUT2D eigenvalue weighted by molar-refractivity contribution is 0.461. The first-order valence-electron chi connectivity index (χ1n) is 2.65. The second-order valence-electron chi connectivity index (χ2n) is 2.26. The molecule has 0 saturated heterocycles. The lowest BCUT2D eigenvalue weighted by atomic mass is 10.5. The Kier molecular flexibility index (Phi) is 1.34. The number of hydrogen-bond acceptors (Lipinski definition) is 0. The van der Waals surface area contributed by atoms with Crippen LogP contribution in [0.3, 0.4) is 0 Å². The molecule has 0 unspecified atom stereocenters. The van der Waals surface area contributed by atoms with Gasteiger partial charge in [0.15, 0.2) is 0 Å². The molecule has 0 aromatic rings. The molecule has 48 valence electrons. The SMILES string of the molecule is F[Si](F)(F)CC1CC1. The Morgan fingerprint density at radius 1 is 1.25 bits per heavy atom. The maximum absolute atomic E-state index is 11.5. The summed E-state index contributed by atoms with van der Waals surface area (Å²) >= 11 is 0. The zero-order chi connectivity index (χ0) is 6.20. The molecule has 0 atom stereocenters. The molecule has 1 rings (SSSR count). The monoisotopic (exact) mass is 140 g/mol. The van der Waals surface area contributed by atoms with Gasteiger partial charge in [-0.15, -0.1) is 0 Å². The summed E-state index contributed by atoms with van der Waals surface area (Å²) in [7, 11) is -5.16. The summed E-state index contributed by atoms with van der Waals surface area (Å²) < 4.78 is 34.5. The molecule has 1 saturated carbocycles. The number of hydrogen-bond donors (Lipinski definition) is 0. The van der Waals surface area contributed by atoms with Crippen LogP contribution in [0, 0.1) is 5.92 Å². The van der Waals surface area contributed by atoms with Gasteiger partial charge in [-0.3, -0.25) is 0 Å². The van der Waals surface area contributed by atoms with Gasteiger partial charge in [-0.25, -0.2) is 12.3 Å². The Morgan fingerprint density at radius 2 is 1.75 bits per heavy atom. The predicted octanol–water partition coefficient (Wildman–Crippen LogP) is 2.24. The zero-order valence-electron chi connectivity index (χ0n) is 4.33. The molecule has 8 heavy (non-hydrogen) atoms. The van der Waals surface area contributed by atoms with E-state index in [9.17, 15) is 12.3 Å². The predicted molar refractivity (Wildman–Crippen MR) is 26.6 cm³/mol. The summed E-state index contributed by atoms with van der Waals surface area (Å²) in [4.78, 5) is 0. The van der Waals surface area contributed by atoms with Gasteiger partial charge in [0.1, 0.15) is 0 Å². The van der Waals surface area contributed by atoms with E-state index in [0.29, 0.717) is 0 Å². The van der Waals surface area contributed by atoms with Crippen LogP contribution in [0.15, 0.2) is 0 Å². The van der Waals surface area contributed by atoms with Crippen molar-refractivity contribution in [3.63, 3.8) is 0 Å². The van der Waals surface area contributed by atoms with Crippen molar-refractivity contribution in [1.82, 2.24) is 0 Å². The fraction of sp³-hybridized carbons (Fsp3) is 1.00. The Labute approximate surface area is 47.2 Å². The molecule has 0 radical (unpaired) electrons. The maximum atomic E-state index is 11.5. The standard InChI is InChI=1S/C4H7F3Si/c5-8(6,7)3-4-1-2-4/h4H,1-3H2. The topological polar surface area (TPSA) is 0 Å². The van der Waals surface area contributed by atoms with Gasteiger partial charge in [-0.05, 0) is 5.92 Å². The highest BCUT2D eigenvalue weighted by atomic mass is 28.5. The van der Waals surface area contributed by atoms with Crippen LogP contribution in [0.4, 0.5) is 12.3 Å². The van der Waals surface area contributed by atoms with Crippen LogP contribution >= 0.6 is 0 Å². The Hall–Kier alpha value is 0.00688. The van der Waals surface area contributed by atoms with E-state index in [1.807, 2.05) is 0 Å². The van der Waals surface area contributed by atoms with Gasteiger partial charge in [0.2, 0.25) is 0 Å². The van der Waals surface area contributed by atoms with E-state index in [1.54, 1.807) is 0 Å². The van der Waals surface area contributed by atoms with Crippen LogP contribution in [0.1, 0.15) is 12.8 Å². The summed E-state index contributed by atoms with van der Waals surface area (Å²) in [6.07, 6.45) is 1.62. The van der Waals surface area contributed by atoms with Crippen LogP contribution in [0.2, 0.25) is 6.04 Å².